The van der Waals surface area contributed by atoms with Crippen molar-refractivity contribution in [2.45, 2.75) is 20.1 Å². The van der Waals surface area contributed by atoms with Gasteiger partial charge in [0.1, 0.15) is 23.7 Å². The van der Waals surface area contributed by atoms with Gasteiger partial charge in [-0.05, 0) is 31.7 Å². The zero-order valence-corrected chi connectivity index (χ0v) is 9.93. The summed E-state index contributed by atoms with van der Waals surface area (Å²) in [7, 11) is 1.91. The maximum absolute atomic E-state index is 5.63. The molecule has 1 heterocycles. The maximum Gasteiger partial charge on any atom is 0.145 e. The van der Waals surface area contributed by atoms with Gasteiger partial charge in [-0.1, -0.05) is 22.4 Å². The van der Waals surface area contributed by atoms with Crippen molar-refractivity contribution in [3.63, 3.8) is 0 Å². The van der Waals surface area contributed by atoms with Crippen LogP contribution in [0.2, 0.25) is 0 Å². The van der Waals surface area contributed by atoms with Crippen LogP contribution in [0.5, 0.6) is 5.75 Å². The minimum atomic E-state index is 0.373. The minimum Gasteiger partial charge on any atom is -0.487 e. The molecule has 0 saturated heterocycles. The van der Waals surface area contributed by atoms with Crippen LogP contribution in [0.4, 0.5) is 0 Å². The van der Waals surface area contributed by atoms with Crippen molar-refractivity contribution < 1.29 is 9.37 Å². The van der Waals surface area contributed by atoms with Crippen molar-refractivity contribution in [2.75, 3.05) is 7.05 Å². The number of hydrogen-bond donors (Lipinski definition) is 1. The Kier molecular flexibility index (Phi) is 3.72. The minimum absolute atomic E-state index is 0.373. The van der Waals surface area contributed by atoms with E-state index in [0.29, 0.717) is 6.61 Å². The van der Waals surface area contributed by atoms with E-state index >= 15 is 0 Å². The molecule has 0 atom stereocenters. The number of nitrogens with zero attached hydrogens (tertiary/aromatic N) is 2. The first-order chi connectivity index (χ1) is 8.29. The molecule has 0 aliphatic carbocycles. The Balaban J connectivity index is 1.99. The van der Waals surface area contributed by atoms with Gasteiger partial charge in [0.2, 0.25) is 0 Å². The molecule has 1 N–H and O–H groups in total. The normalized spacial score (nSPS) is 10.5. The summed E-state index contributed by atoms with van der Waals surface area (Å²) in [4.78, 5) is 0. The molecule has 17 heavy (non-hydrogen) atoms. The molecule has 0 bridgehead atoms. The van der Waals surface area contributed by atoms with Crippen molar-refractivity contribution >= 4 is 0 Å². The lowest BCUT2D eigenvalue weighted by Crippen LogP contribution is -2.05. The zero-order valence-electron chi connectivity index (χ0n) is 9.93. The third-order valence-electron chi connectivity index (χ3n) is 2.40. The monoisotopic (exact) mass is 233 g/mol. The fourth-order valence-electron chi connectivity index (χ4n) is 1.48. The molecule has 2 aromatic rings. The van der Waals surface area contributed by atoms with E-state index < -0.39 is 0 Å². The average molecular weight is 233 g/mol. The largest absolute Gasteiger partial charge is 0.487 e. The Morgan fingerprint density at radius 1 is 1.35 bits per heavy atom. The van der Waals surface area contributed by atoms with Crippen LogP contribution in [0, 0.1) is 6.92 Å². The third kappa shape index (κ3) is 3.04. The van der Waals surface area contributed by atoms with Gasteiger partial charge in [0, 0.05) is 6.54 Å². The van der Waals surface area contributed by atoms with Crippen LogP contribution < -0.4 is 10.1 Å². The summed E-state index contributed by atoms with van der Waals surface area (Å²) in [5.74, 6) is 0.820. The second-order valence-electron chi connectivity index (χ2n) is 3.76. The molecule has 90 valence electrons. The van der Waals surface area contributed by atoms with Gasteiger partial charge in [0.15, 0.2) is 0 Å². The summed E-state index contributed by atoms with van der Waals surface area (Å²) >= 11 is 0. The average Bonchev–Trinajstić information content (AvgIpc) is 2.73. The van der Waals surface area contributed by atoms with Crippen molar-refractivity contribution in [3.8, 4) is 5.75 Å². The molecule has 0 aliphatic heterocycles. The Morgan fingerprint density at radius 3 is 2.94 bits per heavy atom. The topological polar surface area (TPSA) is 60.2 Å². The lowest BCUT2D eigenvalue weighted by Gasteiger charge is -2.06. The van der Waals surface area contributed by atoms with Gasteiger partial charge in [-0.15, -0.1) is 0 Å². The van der Waals surface area contributed by atoms with Gasteiger partial charge in [0.25, 0.3) is 0 Å². The quantitative estimate of drug-likeness (QED) is 0.851. The summed E-state index contributed by atoms with van der Waals surface area (Å²) < 4.78 is 10.2. The van der Waals surface area contributed by atoms with Crippen molar-refractivity contribution in [1.82, 2.24) is 15.6 Å². The van der Waals surface area contributed by atoms with Gasteiger partial charge < -0.3 is 10.1 Å². The summed E-state index contributed by atoms with van der Waals surface area (Å²) in [6.45, 7) is 3.03. The second kappa shape index (κ2) is 5.45. The molecule has 2 rings (SSSR count). The Morgan fingerprint density at radius 2 is 2.24 bits per heavy atom. The van der Waals surface area contributed by atoms with Crippen LogP contribution >= 0.6 is 0 Å². The van der Waals surface area contributed by atoms with Crippen LogP contribution in [0.3, 0.4) is 0 Å². The van der Waals surface area contributed by atoms with Gasteiger partial charge >= 0.3 is 0 Å². The SMILES string of the molecule is CNCc1cccc(OCc2nonc2C)c1. The highest BCUT2D eigenvalue weighted by Gasteiger charge is 2.05. The molecule has 0 fully saturated rings. The molecule has 1 aromatic carbocycles. The standard InChI is InChI=1S/C12H15N3O2/c1-9-12(15-17-14-9)8-16-11-5-3-4-10(6-11)7-13-2/h3-6,13H,7-8H2,1-2H3. The fraction of sp³-hybridized carbons (Fsp3) is 0.333. The maximum atomic E-state index is 5.63. The molecule has 0 saturated carbocycles. The van der Waals surface area contributed by atoms with E-state index in [2.05, 4.69) is 20.3 Å². The third-order valence-corrected chi connectivity index (χ3v) is 2.40. The first kappa shape index (κ1) is 11.6. The molecule has 0 spiro atoms. The number of benzene rings is 1. The van der Waals surface area contributed by atoms with E-state index in [-0.39, 0.29) is 0 Å². The molecule has 0 unspecified atom stereocenters. The fourth-order valence-corrected chi connectivity index (χ4v) is 1.48. The lowest BCUT2D eigenvalue weighted by atomic mass is 10.2. The first-order valence-electron chi connectivity index (χ1n) is 5.44. The van der Waals surface area contributed by atoms with Crippen LogP contribution in [0.15, 0.2) is 28.9 Å². The molecule has 0 radical (unpaired) electrons. The molecule has 0 amide bonds. The number of nitrogens with one attached hydrogen (secondary N) is 1. The van der Waals surface area contributed by atoms with Crippen LogP contribution in [0.25, 0.3) is 0 Å². The van der Waals surface area contributed by atoms with Crippen molar-refractivity contribution in [3.05, 3.63) is 41.2 Å². The van der Waals surface area contributed by atoms with Crippen LogP contribution in [-0.2, 0) is 13.2 Å². The molecule has 5 nitrogen and oxygen atoms in total. The molecule has 0 aliphatic rings. The number of aryl methyl sites for hydroxylation is 1. The van der Waals surface area contributed by atoms with Gasteiger partial charge in [0.05, 0.1) is 0 Å². The van der Waals surface area contributed by atoms with E-state index in [9.17, 15) is 0 Å². The molecule has 5 heteroatoms. The second-order valence-corrected chi connectivity index (χ2v) is 3.76. The lowest BCUT2D eigenvalue weighted by molar-refractivity contribution is 0.270. The van der Waals surface area contributed by atoms with Gasteiger partial charge in [-0.25, -0.2) is 4.63 Å². The Bertz CT molecular complexity index is 482. The Labute approximate surface area is 99.7 Å². The van der Waals surface area contributed by atoms with E-state index in [1.165, 1.54) is 5.56 Å². The number of aromatic nitrogens is 2. The molecular weight excluding hydrogens is 218 g/mol. The number of hydrogen-bond acceptors (Lipinski definition) is 5. The number of ether oxygens (including phenoxy) is 1. The van der Waals surface area contributed by atoms with Crippen LogP contribution in [-0.4, -0.2) is 17.4 Å². The van der Waals surface area contributed by atoms with E-state index in [1.807, 2.05) is 38.2 Å². The Hall–Kier alpha value is -1.88. The molecule has 1 aromatic heterocycles. The highest BCUT2D eigenvalue weighted by molar-refractivity contribution is 5.28. The van der Waals surface area contributed by atoms with E-state index in [4.69, 9.17) is 4.74 Å². The predicted octanol–water partition coefficient (Wildman–Crippen LogP) is 1.68. The van der Waals surface area contributed by atoms with Crippen molar-refractivity contribution in [1.29, 1.82) is 0 Å². The highest BCUT2D eigenvalue weighted by Crippen LogP contribution is 2.15. The summed E-state index contributed by atoms with van der Waals surface area (Å²) in [6, 6.07) is 7.93. The highest BCUT2D eigenvalue weighted by atomic mass is 16.6. The van der Waals surface area contributed by atoms with Crippen LogP contribution in [0.1, 0.15) is 17.0 Å². The summed E-state index contributed by atoms with van der Waals surface area (Å²) in [5, 5.41) is 10.6. The van der Waals surface area contributed by atoms with Crippen molar-refractivity contribution in [2.24, 2.45) is 0 Å². The zero-order chi connectivity index (χ0) is 12.1. The predicted molar refractivity (Wildman–Crippen MR) is 62.6 cm³/mol. The van der Waals surface area contributed by atoms with E-state index in [0.717, 1.165) is 23.7 Å². The number of rotatable bonds is 5. The smallest absolute Gasteiger partial charge is 0.145 e. The summed E-state index contributed by atoms with van der Waals surface area (Å²) in [6.07, 6.45) is 0. The van der Waals surface area contributed by atoms with Gasteiger partial charge in [-0.2, -0.15) is 0 Å². The van der Waals surface area contributed by atoms with E-state index in [1.54, 1.807) is 0 Å². The summed E-state index contributed by atoms with van der Waals surface area (Å²) in [5.41, 5.74) is 2.67. The van der Waals surface area contributed by atoms with Gasteiger partial charge in [-0.3, -0.25) is 0 Å². The first-order valence-corrected chi connectivity index (χ1v) is 5.44. The molecular formula is C12H15N3O2.